The van der Waals surface area contributed by atoms with Crippen LogP contribution in [0.5, 0.6) is 0 Å². The number of aromatic nitrogens is 2. The number of carbonyl (C=O) groups is 1. The Bertz CT molecular complexity index is 711. The largest absolute Gasteiger partial charge is 0.469 e. The molecule has 156 valence electrons. The van der Waals surface area contributed by atoms with Gasteiger partial charge in [0.1, 0.15) is 0 Å². The molecular weight excluding hydrogens is 350 g/mol. The average Bonchev–Trinajstić information content (AvgIpc) is 3.34. The van der Waals surface area contributed by atoms with Crippen molar-refractivity contribution in [3.63, 3.8) is 0 Å². The van der Waals surface area contributed by atoms with Crippen molar-refractivity contribution >= 4 is 11.9 Å². The summed E-state index contributed by atoms with van der Waals surface area (Å²) in [5.74, 6) is 1.59. The number of carbonyl (C=O) groups excluding carboxylic acids is 1. The number of esters is 1. The second-order valence-corrected chi connectivity index (χ2v) is 11.1. The Labute approximate surface area is 170 Å². The quantitative estimate of drug-likeness (QED) is 0.693. The van der Waals surface area contributed by atoms with Crippen LogP contribution < -0.4 is 4.90 Å². The van der Waals surface area contributed by atoms with E-state index < -0.39 is 5.41 Å². The summed E-state index contributed by atoms with van der Waals surface area (Å²) in [6.45, 7) is 15.5. The minimum Gasteiger partial charge on any atom is -0.469 e. The Kier molecular flexibility index (Phi) is 5.50. The Morgan fingerprint density at radius 1 is 1.21 bits per heavy atom. The summed E-state index contributed by atoms with van der Waals surface area (Å²) in [7, 11) is 1.49. The summed E-state index contributed by atoms with van der Waals surface area (Å²) in [4.78, 5) is 24.3. The van der Waals surface area contributed by atoms with Crippen LogP contribution in [-0.4, -0.2) is 36.1 Å². The molecule has 1 aliphatic heterocycles. The van der Waals surface area contributed by atoms with Gasteiger partial charge >= 0.3 is 5.97 Å². The summed E-state index contributed by atoms with van der Waals surface area (Å²) in [5.41, 5.74) is 0.971. The minimum atomic E-state index is -0.433. The van der Waals surface area contributed by atoms with Gasteiger partial charge in [0.2, 0.25) is 5.95 Å². The number of hydrogen-bond acceptors (Lipinski definition) is 5. The maximum atomic E-state index is 12.6. The van der Waals surface area contributed by atoms with Crippen molar-refractivity contribution in [1.82, 2.24) is 9.97 Å². The molecule has 5 heteroatoms. The SMILES string of the molecule is COC(=O)C1(CC(C)(C)C)CC1c1ccnc(N2CCC(C(C)(C)C)CC2)n1. The van der Waals surface area contributed by atoms with Crippen molar-refractivity contribution in [1.29, 1.82) is 0 Å². The lowest BCUT2D eigenvalue weighted by Crippen LogP contribution is -2.39. The Morgan fingerprint density at radius 3 is 2.39 bits per heavy atom. The Balaban J connectivity index is 1.75. The van der Waals surface area contributed by atoms with Crippen LogP contribution >= 0.6 is 0 Å². The smallest absolute Gasteiger partial charge is 0.312 e. The molecule has 1 aliphatic carbocycles. The van der Waals surface area contributed by atoms with Gasteiger partial charge in [0.25, 0.3) is 0 Å². The van der Waals surface area contributed by atoms with Crippen molar-refractivity contribution in [2.24, 2.45) is 22.2 Å². The highest BCUT2D eigenvalue weighted by molar-refractivity contribution is 5.82. The van der Waals surface area contributed by atoms with E-state index in [9.17, 15) is 4.79 Å². The molecule has 0 radical (unpaired) electrons. The van der Waals surface area contributed by atoms with Crippen LogP contribution in [0.3, 0.4) is 0 Å². The molecule has 2 fully saturated rings. The molecule has 0 spiro atoms. The summed E-state index contributed by atoms with van der Waals surface area (Å²) >= 11 is 0. The van der Waals surface area contributed by atoms with Crippen LogP contribution in [0.25, 0.3) is 0 Å². The third-order valence-corrected chi connectivity index (χ3v) is 6.54. The summed E-state index contributed by atoms with van der Waals surface area (Å²) in [6, 6.07) is 1.98. The highest BCUT2D eigenvalue weighted by Gasteiger charge is 2.63. The molecule has 0 amide bonds. The van der Waals surface area contributed by atoms with Crippen LogP contribution in [0.15, 0.2) is 12.3 Å². The molecule has 0 bridgehead atoms. The van der Waals surface area contributed by atoms with Crippen molar-refractivity contribution in [3.8, 4) is 0 Å². The number of piperidine rings is 1. The molecule has 1 saturated carbocycles. The normalized spacial score (nSPS) is 26.2. The van der Waals surface area contributed by atoms with Crippen molar-refractivity contribution < 1.29 is 9.53 Å². The van der Waals surface area contributed by atoms with Gasteiger partial charge in [-0.2, -0.15) is 0 Å². The van der Waals surface area contributed by atoms with Crippen LogP contribution in [0.2, 0.25) is 0 Å². The van der Waals surface area contributed by atoms with E-state index in [2.05, 4.69) is 51.4 Å². The van der Waals surface area contributed by atoms with Gasteiger partial charge < -0.3 is 9.64 Å². The van der Waals surface area contributed by atoms with Gasteiger partial charge in [-0.1, -0.05) is 41.5 Å². The fourth-order valence-corrected chi connectivity index (χ4v) is 4.99. The number of hydrogen-bond donors (Lipinski definition) is 0. The van der Waals surface area contributed by atoms with Gasteiger partial charge in [0.15, 0.2) is 0 Å². The predicted octanol–water partition coefficient (Wildman–Crippen LogP) is 4.82. The molecule has 5 nitrogen and oxygen atoms in total. The molecule has 2 heterocycles. The summed E-state index contributed by atoms with van der Waals surface area (Å²) in [6.07, 6.45) is 5.84. The first kappa shape index (κ1) is 21.1. The van der Waals surface area contributed by atoms with E-state index in [4.69, 9.17) is 9.72 Å². The Morgan fingerprint density at radius 2 is 1.86 bits per heavy atom. The van der Waals surface area contributed by atoms with Gasteiger partial charge in [0, 0.05) is 25.2 Å². The van der Waals surface area contributed by atoms with Gasteiger partial charge in [-0.15, -0.1) is 0 Å². The molecule has 3 rings (SSSR count). The molecule has 1 aromatic rings. The Hall–Kier alpha value is -1.65. The summed E-state index contributed by atoms with van der Waals surface area (Å²) < 4.78 is 5.17. The van der Waals surface area contributed by atoms with E-state index in [1.54, 1.807) is 0 Å². The molecule has 2 aliphatic rings. The molecule has 28 heavy (non-hydrogen) atoms. The number of methoxy groups -OCH3 is 1. The zero-order chi connectivity index (χ0) is 20.7. The van der Waals surface area contributed by atoms with Crippen LogP contribution in [0, 0.1) is 22.2 Å². The van der Waals surface area contributed by atoms with Crippen LogP contribution in [0.1, 0.15) is 78.8 Å². The molecule has 0 aromatic carbocycles. The first-order valence-corrected chi connectivity index (χ1v) is 10.6. The first-order valence-electron chi connectivity index (χ1n) is 10.6. The molecule has 1 saturated heterocycles. The average molecular weight is 388 g/mol. The van der Waals surface area contributed by atoms with Gasteiger partial charge in [-0.05, 0) is 48.5 Å². The standard InChI is InChI=1S/C23H37N3O2/c1-21(2,3)15-23(19(27)28-7)14-17(23)18-8-11-24-20(25-18)26-12-9-16(10-13-26)22(4,5)6/h8,11,16-17H,9-10,12-15H2,1-7H3. The summed E-state index contributed by atoms with van der Waals surface area (Å²) in [5, 5.41) is 0. The third-order valence-electron chi connectivity index (χ3n) is 6.54. The second-order valence-electron chi connectivity index (χ2n) is 11.1. The molecule has 0 N–H and O–H groups in total. The van der Waals surface area contributed by atoms with Gasteiger partial charge in [-0.3, -0.25) is 4.79 Å². The maximum Gasteiger partial charge on any atom is 0.312 e. The highest BCUT2D eigenvalue weighted by atomic mass is 16.5. The fourth-order valence-electron chi connectivity index (χ4n) is 4.99. The first-order chi connectivity index (χ1) is 13.0. The number of ether oxygens (including phenoxy) is 1. The van der Waals surface area contributed by atoms with Crippen molar-refractivity contribution in [2.75, 3.05) is 25.1 Å². The maximum absolute atomic E-state index is 12.6. The van der Waals surface area contributed by atoms with E-state index in [0.29, 0.717) is 5.41 Å². The highest BCUT2D eigenvalue weighted by Crippen LogP contribution is 2.64. The molecule has 1 aromatic heterocycles. The van der Waals surface area contributed by atoms with E-state index in [1.165, 1.54) is 20.0 Å². The zero-order valence-electron chi connectivity index (χ0n) is 18.7. The monoisotopic (exact) mass is 387 g/mol. The second kappa shape index (κ2) is 7.31. The van der Waals surface area contributed by atoms with Crippen molar-refractivity contribution in [3.05, 3.63) is 18.0 Å². The zero-order valence-corrected chi connectivity index (χ0v) is 18.7. The van der Waals surface area contributed by atoms with Gasteiger partial charge in [-0.25, -0.2) is 9.97 Å². The van der Waals surface area contributed by atoms with Gasteiger partial charge in [0.05, 0.1) is 18.2 Å². The van der Waals surface area contributed by atoms with E-state index in [1.807, 2.05) is 12.3 Å². The molecular formula is C23H37N3O2. The fraction of sp³-hybridized carbons (Fsp3) is 0.783. The van der Waals surface area contributed by atoms with E-state index >= 15 is 0 Å². The topological polar surface area (TPSA) is 55.3 Å². The lowest BCUT2D eigenvalue weighted by Gasteiger charge is -2.38. The van der Waals surface area contributed by atoms with Crippen molar-refractivity contribution in [2.45, 2.75) is 73.1 Å². The van der Waals surface area contributed by atoms with E-state index in [-0.39, 0.29) is 17.3 Å². The number of anilines is 1. The lowest BCUT2D eigenvalue weighted by molar-refractivity contribution is -0.148. The predicted molar refractivity (Wildman–Crippen MR) is 112 cm³/mol. The lowest BCUT2D eigenvalue weighted by atomic mass is 9.75. The molecule has 2 unspecified atom stereocenters. The number of nitrogens with zero attached hydrogens (tertiary/aromatic N) is 3. The minimum absolute atomic E-state index is 0.0631. The van der Waals surface area contributed by atoms with E-state index in [0.717, 1.165) is 43.5 Å². The molecule has 2 atom stereocenters. The van der Waals surface area contributed by atoms with Crippen LogP contribution in [0.4, 0.5) is 5.95 Å². The van der Waals surface area contributed by atoms with Crippen LogP contribution in [-0.2, 0) is 9.53 Å². The number of rotatable bonds is 4. The third kappa shape index (κ3) is 4.33.